The van der Waals surface area contributed by atoms with Crippen molar-refractivity contribution >= 4 is 11.8 Å². The predicted octanol–water partition coefficient (Wildman–Crippen LogP) is 3.71. The van der Waals surface area contributed by atoms with Crippen LogP contribution in [0.15, 0.2) is 42.5 Å². The van der Waals surface area contributed by atoms with E-state index >= 15 is 0 Å². The number of rotatable bonds is 8. The van der Waals surface area contributed by atoms with Gasteiger partial charge in [0.05, 0.1) is 6.61 Å². The molecule has 2 aromatic rings. The minimum atomic E-state index is -0.758. The van der Waals surface area contributed by atoms with E-state index in [1.165, 1.54) is 0 Å². The molecule has 1 atom stereocenters. The molecule has 0 aliphatic rings. The van der Waals surface area contributed by atoms with E-state index in [1.54, 1.807) is 31.2 Å². The van der Waals surface area contributed by atoms with Gasteiger partial charge in [-0.2, -0.15) is 0 Å². The minimum absolute atomic E-state index is 0.400. The molecule has 150 valence electrons. The standard InChI is InChI=1S/C22H28N2O4/c1-5-6-12-27-19-9-7-8-18(14-19)22(26)24-23-21(25)17(4)28-20-11-10-15(2)16(3)13-20/h7-11,13-14,17H,5-6,12H2,1-4H3,(H,23,25)(H,24,26). The highest BCUT2D eigenvalue weighted by molar-refractivity contribution is 5.96. The first kappa shape index (κ1) is 21.3. The van der Waals surface area contributed by atoms with Gasteiger partial charge in [0, 0.05) is 5.56 Å². The van der Waals surface area contributed by atoms with Gasteiger partial charge in [0.25, 0.3) is 11.8 Å². The summed E-state index contributed by atoms with van der Waals surface area (Å²) in [7, 11) is 0. The number of carbonyl (C=O) groups is 2. The Bertz CT molecular complexity index is 820. The van der Waals surface area contributed by atoms with Crippen molar-refractivity contribution in [3.63, 3.8) is 0 Å². The number of benzene rings is 2. The summed E-state index contributed by atoms with van der Waals surface area (Å²) in [6.45, 7) is 8.30. The lowest BCUT2D eigenvalue weighted by Crippen LogP contribution is -2.47. The Balaban J connectivity index is 1.86. The maximum absolute atomic E-state index is 12.3. The first-order valence-electron chi connectivity index (χ1n) is 9.47. The Morgan fingerprint density at radius 2 is 1.79 bits per heavy atom. The monoisotopic (exact) mass is 384 g/mol. The van der Waals surface area contributed by atoms with E-state index in [0.29, 0.717) is 23.7 Å². The van der Waals surface area contributed by atoms with Crippen LogP contribution in [-0.4, -0.2) is 24.5 Å². The molecule has 6 heteroatoms. The largest absolute Gasteiger partial charge is 0.494 e. The van der Waals surface area contributed by atoms with E-state index in [4.69, 9.17) is 9.47 Å². The zero-order chi connectivity index (χ0) is 20.5. The third-order valence-corrected chi connectivity index (χ3v) is 4.32. The van der Waals surface area contributed by atoms with Crippen LogP contribution in [0.3, 0.4) is 0 Å². The first-order chi connectivity index (χ1) is 13.4. The molecular weight excluding hydrogens is 356 g/mol. The highest BCUT2D eigenvalue weighted by Gasteiger charge is 2.16. The van der Waals surface area contributed by atoms with E-state index in [1.807, 2.05) is 32.0 Å². The lowest BCUT2D eigenvalue weighted by atomic mass is 10.1. The molecule has 2 N–H and O–H groups in total. The summed E-state index contributed by atoms with van der Waals surface area (Å²) >= 11 is 0. The SMILES string of the molecule is CCCCOc1cccc(C(=O)NNC(=O)C(C)Oc2ccc(C)c(C)c2)c1. The number of amides is 2. The van der Waals surface area contributed by atoms with Crippen LogP contribution < -0.4 is 20.3 Å². The average Bonchev–Trinajstić information content (AvgIpc) is 2.69. The van der Waals surface area contributed by atoms with Gasteiger partial charge in [0.15, 0.2) is 6.10 Å². The molecule has 0 aliphatic heterocycles. The van der Waals surface area contributed by atoms with Crippen molar-refractivity contribution in [3.8, 4) is 11.5 Å². The number of ether oxygens (including phenoxy) is 2. The van der Waals surface area contributed by atoms with Gasteiger partial charge >= 0.3 is 0 Å². The third-order valence-electron chi connectivity index (χ3n) is 4.32. The molecule has 0 radical (unpaired) electrons. The topological polar surface area (TPSA) is 76.7 Å². The third kappa shape index (κ3) is 6.30. The summed E-state index contributed by atoms with van der Waals surface area (Å²) in [5, 5.41) is 0. The Morgan fingerprint density at radius 3 is 2.50 bits per heavy atom. The number of carbonyl (C=O) groups excluding carboxylic acids is 2. The molecule has 0 saturated carbocycles. The van der Waals surface area contributed by atoms with Gasteiger partial charge in [0.2, 0.25) is 0 Å². The van der Waals surface area contributed by atoms with Crippen LogP contribution in [0, 0.1) is 13.8 Å². The Morgan fingerprint density at radius 1 is 1.00 bits per heavy atom. The van der Waals surface area contributed by atoms with Crippen LogP contribution in [0.5, 0.6) is 11.5 Å². The summed E-state index contributed by atoms with van der Waals surface area (Å²) in [4.78, 5) is 24.5. The lowest BCUT2D eigenvalue weighted by Gasteiger charge is -2.16. The van der Waals surface area contributed by atoms with Gasteiger partial charge < -0.3 is 9.47 Å². The highest BCUT2D eigenvalue weighted by Crippen LogP contribution is 2.18. The van der Waals surface area contributed by atoms with Gasteiger partial charge in [-0.1, -0.05) is 25.5 Å². The van der Waals surface area contributed by atoms with Crippen LogP contribution >= 0.6 is 0 Å². The van der Waals surface area contributed by atoms with Crippen molar-refractivity contribution < 1.29 is 19.1 Å². The second-order valence-corrected chi connectivity index (χ2v) is 6.68. The first-order valence-corrected chi connectivity index (χ1v) is 9.47. The van der Waals surface area contributed by atoms with Crippen LogP contribution in [0.4, 0.5) is 0 Å². The summed E-state index contributed by atoms with van der Waals surface area (Å²) in [5.74, 6) is 0.363. The van der Waals surface area contributed by atoms with Gasteiger partial charge in [-0.15, -0.1) is 0 Å². The normalized spacial score (nSPS) is 11.4. The minimum Gasteiger partial charge on any atom is -0.494 e. The molecule has 0 heterocycles. The second-order valence-electron chi connectivity index (χ2n) is 6.68. The lowest BCUT2D eigenvalue weighted by molar-refractivity contribution is -0.128. The van der Waals surface area contributed by atoms with Crippen LogP contribution in [0.1, 0.15) is 48.2 Å². The van der Waals surface area contributed by atoms with Crippen LogP contribution in [-0.2, 0) is 4.79 Å². The second kappa shape index (κ2) is 10.3. The molecule has 2 amide bonds. The fourth-order valence-corrected chi connectivity index (χ4v) is 2.40. The molecule has 28 heavy (non-hydrogen) atoms. The molecule has 2 rings (SSSR count). The molecule has 1 unspecified atom stereocenters. The fraction of sp³-hybridized carbons (Fsp3) is 0.364. The molecule has 0 aliphatic carbocycles. The smallest absolute Gasteiger partial charge is 0.279 e. The van der Waals surface area contributed by atoms with Crippen LogP contribution in [0.2, 0.25) is 0 Å². The van der Waals surface area contributed by atoms with Gasteiger partial charge in [-0.25, -0.2) is 0 Å². The molecule has 0 fully saturated rings. The van der Waals surface area contributed by atoms with Crippen molar-refractivity contribution in [1.29, 1.82) is 0 Å². The fourth-order valence-electron chi connectivity index (χ4n) is 2.40. The molecule has 0 saturated heterocycles. The van der Waals surface area contributed by atoms with Crippen molar-refractivity contribution in [2.24, 2.45) is 0 Å². The van der Waals surface area contributed by atoms with Crippen LogP contribution in [0.25, 0.3) is 0 Å². The Kier molecular flexibility index (Phi) is 7.87. The molecule has 2 aromatic carbocycles. The number of aryl methyl sites for hydroxylation is 2. The van der Waals surface area contributed by atoms with E-state index in [-0.39, 0.29) is 0 Å². The average molecular weight is 384 g/mol. The van der Waals surface area contributed by atoms with Gasteiger partial charge in [-0.05, 0) is 68.7 Å². The summed E-state index contributed by atoms with van der Waals surface area (Å²) in [6.07, 6.45) is 1.23. The van der Waals surface area contributed by atoms with Crippen molar-refractivity contribution in [2.75, 3.05) is 6.61 Å². The van der Waals surface area contributed by atoms with Crippen molar-refractivity contribution in [3.05, 3.63) is 59.2 Å². The summed E-state index contributed by atoms with van der Waals surface area (Å²) < 4.78 is 11.2. The highest BCUT2D eigenvalue weighted by atomic mass is 16.5. The Hall–Kier alpha value is -3.02. The predicted molar refractivity (Wildman–Crippen MR) is 108 cm³/mol. The zero-order valence-corrected chi connectivity index (χ0v) is 16.9. The maximum Gasteiger partial charge on any atom is 0.279 e. The molecule has 0 bridgehead atoms. The molecule has 0 spiro atoms. The van der Waals surface area contributed by atoms with E-state index < -0.39 is 17.9 Å². The summed E-state index contributed by atoms with van der Waals surface area (Å²) in [6, 6.07) is 12.5. The number of hydrogen-bond donors (Lipinski definition) is 2. The molecular formula is C22H28N2O4. The summed E-state index contributed by atoms with van der Waals surface area (Å²) in [5.41, 5.74) is 7.43. The number of hydrazine groups is 1. The maximum atomic E-state index is 12.3. The zero-order valence-electron chi connectivity index (χ0n) is 16.9. The molecule has 0 aromatic heterocycles. The number of nitrogens with one attached hydrogen (secondary N) is 2. The van der Waals surface area contributed by atoms with E-state index in [9.17, 15) is 9.59 Å². The number of hydrogen-bond acceptors (Lipinski definition) is 4. The van der Waals surface area contributed by atoms with E-state index in [2.05, 4.69) is 17.8 Å². The van der Waals surface area contributed by atoms with Crippen molar-refractivity contribution in [1.82, 2.24) is 10.9 Å². The Labute approximate surface area is 166 Å². The van der Waals surface area contributed by atoms with Crippen molar-refractivity contribution in [2.45, 2.75) is 46.6 Å². The van der Waals surface area contributed by atoms with Gasteiger partial charge in [0.1, 0.15) is 11.5 Å². The van der Waals surface area contributed by atoms with Gasteiger partial charge in [-0.3, -0.25) is 20.4 Å². The quantitative estimate of drug-likeness (QED) is 0.537. The number of unbranched alkanes of at least 4 members (excludes halogenated alkanes) is 1. The van der Waals surface area contributed by atoms with E-state index in [0.717, 1.165) is 24.0 Å². The molecule has 6 nitrogen and oxygen atoms in total.